The van der Waals surface area contributed by atoms with E-state index in [-0.39, 0.29) is 5.91 Å². The molecule has 25 heavy (non-hydrogen) atoms. The number of nitrogens with one attached hydrogen (secondary N) is 2. The highest BCUT2D eigenvalue weighted by Gasteiger charge is 2.28. The molecular formula is C18H20Cl2N4O. The van der Waals surface area contributed by atoms with Crippen LogP contribution in [0.3, 0.4) is 0 Å². The zero-order valence-corrected chi connectivity index (χ0v) is 15.4. The van der Waals surface area contributed by atoms with Crippen LogP contribution >= 0.6 is 23.2 Å². The summed E-state index contributed by atoms with van der Waals surface area (Å²) in [6.07, 6.45) is 2.67. The van der Waals surface area contributed by atoms with Crippen LogP contribution < -0.4 is 10.6 Å². The summed E-state index contributed by atoms with van der Waals surface area (Å²) < 4.78 is 0. The summed E-state index contributed by atoms with van der Waals surface area (Å²) in [4.78, 5) is 19.1. The largest absolute Gasteiger partial charge is 0.340 e. The number of pyridine rings is 1. The van der Waals surface area contributed by atoms with Gasteiger partial charge in [-0.05, 0) is 56.3 Å². The van der Waals surface area contributed by atoms with Crippen LogP contribution in [0.4, 0.5) is 11.5 Å². The molecule has 1 atom stereocenters. The monoisotopic (exact) mass is 378 g/mol. The third kappa shape index (κ3) is 4.24. The number of hydrogen-bond acceptors (Lipinski definition) is 4. The molecule has 0 spiro atoms. The molecule has 3 rings (SSSR count). The molecule has 132 valence electrons. The second-order valence-electron chi connectivity index (χ2n) is 6.12. The molecule has 7 heteroatoms. The van der Waals surface area contributed by atoms with E-state index in [2.05, 4.69) is 15.6 Å². The quantitative estimate of drug-likeness (QED) is 0.830. The third-order valence-corrected chi connectivity index (χ3v) is 5.03. The lowest BCUT2D eigenvalue weighted by molar-refractivity contribution is 0.0788. The van der Waals surface area contributed by atoms with Crippen LogP contribution in [0, 0.1) is 5.92 Å². The molecule has 2 N–H and O–H groups in total. The van der Waals surface area contributed by atoms with Gasteiger partial charge in [-0.2, -0.15) is 0 Å². The molecule has 1 saturated heterocycles. The molecule has 1 aromatic heterocycles. The first-order valence-corrected chi connectivity index (χ1v) is 8.95. The normalized spacial score (nSPS) is 16.9. The van der Waals surface area contributed by atoms with Gasteiger partial charge in [0.15, 0.2) is 0 Å². The van der Waals surface area contributed by atoms with E-state index in [9.17, 15) is 4.79 Å². The molecule has 0 aliphatic carbocycles. The van der Waals surface area contributed by atoms with Crippen molar-refractivity contribution in [2.45, 2.75) is 6.42 Å². The first kappa shape index (κ1) is 18.0. The maximum absolute atomic E-state index is 12.9. The summed E-state index contributed by atoms with van der Waals surface area (Å²) >= 11 is 12.0. The molecule has 1 aliphatic heterocycles. The minimum atomic E-state index is -0.00531. The van der Waals surface area contributed by atoms with Crippen LogP contribution in [0.2, 0.25) is 10.0 Å². The van der Waals surface area contributed by atoms with Crippen LogP contribution in [-0.4, -0.2) is 42.5 Å². The zero-order valence-electron chi connectivity index (χ0n) is 13.9. The van der Waals surface area contributed by atoms with Crippen molar-refractivity contribution in [3.8, 4) is 0 Å². The number of amides is 1. The average Bonchev–Trinajstić information content (AvgIpc) is 3.07. The van der Waals surface area contributed by atoms with Crippen molar-refractivity contribution in [2.75, 3.05) is 32.0 Å². The van der Waals surface area contributed by atoms with Crippen LogP contribution in [0.1, 0.15) is 16.8 Å². The number of hydrogen-bond donors (Lipinski definition) is 2. The predicted molar refractivity (Wildman–Crippen MR) is 102 cm³/mol. The van der Waals surface area contributed by atoms with E-state index in [1.165, 1.54) is 0 Å². The topological polar surface area (TPSA) is 57.3 Å². The van der Waals surface area contributed by atoms with Crippen molar-refractivity contribution < 1.29 is 4.79 Å². The van der Waals surface area contributed by atoms with Gasteiger partial charge in [0, 0.05) is 25.0 Å². The summed E-state index contributed by atoms with van der Waals surface area (Å²) in [5.74, 6) is 1.01. The number of aromatic nitrogens is 1. The van der Waals surface area contributed by atoms with Crippen molar-refractivity contribution in [3.63, 3.8) is 0 Å². The number of nitrogens with zero attached hydrogens (tertiary/aromatic N) is 2. The van der Waals surface area contributed by atoms with Gasteiger partial charge >= 0.3 is 0 Å². The van der Waals surface area contributed by atoms with Crippen molar-refractivity contribution in [1.29, 1.82) is 0 Å². The molecule has 0 bridgehead atoms. The average molecular weight is 379 g/mol. The first-order chi connectivity index (χ1) is 12.1. The van der Waals surface area contributed by atoms with E-state index >= 15 is 0 Å². The van der Waals surface area contributed by atoms with Gasteiger partial charge in [0.25, 0.3) is 5.91 Å². The number of anilines is 2. The van der Waals surface area contributed by atoms with Crippen LogP contribution in [-0.2, 0) is 0 Å². The van der Waals surface area contributed by atoms with Gasteiger partial charge in [-0.15, -0.1) is 0 Å². The molecule has 1 fully saturated rings. The maximum Gasteiger partial charge on any atom is 0.257 e. The molecule has 0 saturated carbocycles. The van der Waals surface area contributed by atoms with Crippen molar-refractivity contribution >= 4 is 40.6 Å². The van der Waals surface area contributed by atoms with Crippen molar-refractivity contribution in [1.82, 2.24) is 15.2 Å². The molecule has 2 heterocycles. The number of halogens is 2. The minimum absolute atomic E-state index is 0.00531. The molecule has 1 aromatic carbocycles. The lowest BCUT2D eigenvalue weighted by Gasteiger charge is -2.18. The van der Waals surface area contributed by atoms with E-state index in [0.717, 1.165) is 31.7 Å². The third-order valence-electron chi connectivity index (χ3n) is 4.29. The van der Waals surface area contributed by atoms with Gasteiger partial charge in [0.05, 0.1) is 15.6 Å². The lowest BCUT2D eigenvalue weighted by Crippen LogP contribution is -2.31. The first-order valence-electron chi connectivity index (χ1n) is 8.19. The second kappa shape index (κ2) is 8.04. The van der Waals surface area contributed by atoms with Gasteiger partial charge in [0.2, 0.25) is 0 Å². The Morgan fingerprint density at radius 2 is 2.16 bits per heavy atom. The van der Waals surface area contributed by atoms with Gasteiger partial charge < -0.3 is 15.5 Å². The van der Waals surface area contributed by atoms with Gasteiger partial charge in [-0.25, -0.2) is 4.98 Å². The van der Waals surface area contributed by atoms with Gasteiger partial charge in [-0.3, -0.25) is 4.79 Å². The van der Waals surface area contributed by atoms with E-state index in [0.29, 0.717) is 27.3 Å². The van der Waals surface area contributed by atoms with Crippen LogP contribution in [0.25, 0.3) is 0 Å². The molecule has 2 aromatic rings. The van der Waals surface area contributed by atoms with Crippen LogP contribution in [0.15, 0.2) is 36.5 Å². The summed E-state index contributed by atoms with van der Waals surface area (Å²) in [7, 11) is 1.94. The predicted octanol–water partition coefficient (Wildman–Crippen LogP) is 3.81. The summed E-state index contributed by atoms with van der Waals surface area (Å²) in [6.45, 7) is 2.46. The maximum atomic E-state index is 12.9. The number of likely N-dealkylation sites (tertiary alicyclic amines) is 1. The van der Waals surface area contributed by atoms with Gasteiger partial charge in [-0.1, -0.05) is 23.2 Å². The fourth-order valence-corrected chi connectivity index (χ4v) is 3.33. The standard InChI is InChI=1S/C18H20Cl2N4O/c1-21-10-12-6-8-24(11-12)18(25)14-3-2-7-22-17(14)23-13-4-5-15(19)16(20)9-13/h2-5,7,9,12,21H,6,8,10-11H2,1H3,(H,22,23)/t12-/m1/s1. The Bertz CT molecular complexity index is 768. The summed E-state index contributed by atoms with van der Waals surface area (Å²) in [6, 6.07) is 8.79. The Labute approximate surface area is 157 Å². The Balaban J connectivity index is 1.78. The minimum Gasteiger partial charge on any atom is -0.340 e. The summed E-state index contributed by atoms with van der Waals surface area (Å²) in [5, 5.41) is 7.28. The lowest BCUT2D eigenvalue weighted by atomic mass is 10.1. The smallest absolute Gasteiger partial charge is 0.257 e. The summed E-state index contributed by atoms with van der Waals surface area (Å²) in [5.41, 5.74) is 1.29. The Kier molecular flexibility index (Phi) is 5.78. The molecular weight excluding hydrogens is 359 g/mol. The Morgan fingerprint density at radius 3 is 2.92 bits per heavy atom. The van der Waals surface area contributed by atoms with Crippen LogP contribution in [0.5, 0.6) is 0 Å². The van der Waals surface area contributed by atoms with Crippen molar-refractivity contribution in [2.24, 2.45) is 5.92 Å². The highest BCUT2D eigenvalue weighted by Crippen LogP contribution is 2.28. The molecule has 1 amide bonds. The SMILES string of the molecule is CNC[C@H]1CCN(C(=O)c2cccnc2Nc2ccc(Cl)c(Cl)c2)C1. The molecule has 0 radical (unpaired) electrons. The molecule has 0 unspecified atom stereocenters. The van der Waals surface area contributed by atoms with E-state index < -0.39 is 0 Å². The number of carbonyl (C=O) groups excluding carboxylic acids is 1. The molecule has 1 aliphatic rings. The van der Waals surface area contributed by atoms with Crippen molar-refractivity contribution in [3.05, 3.63) is 52.1 Å². The fourth-order valence-electron chi connectivity index (χ4n) is 3.03. The number of carbonyl (C=O) groups is 1. The van der Waals surface area contributed by atoms with E-state index in [1.807, 2.05) is 11.9 Å². The number of benzene rings is 1. The fraction of sp³-hybridized carbons (Fsp3) is 0.333. The van der Waals surface area contributed by atoms with E-state index in [1.54, 1.807) is 36.5 Å². The number of rotatable bonds is 5. The highest BCUT2D eigenvalue weighted by molar-refractivity contribution is 6.42. The van der Waals surface area contributed by atoms with E-state index in [4.69, 9.17) is 23.2 Å². The molecule has 5 nitrogen and oxygen atoms in total. The van der Waals surface area contributed by atoms with Gasteiger partial charge in [0.1, 0.15) is 5.82 Å². The Morgan fingerprint density at radius 1 is 1.32 bits per heavy atom. The Hall–Kier alpha value is -1.82. The highest BCUT2D eigenvalue weighted by atomic mass is 35.5. The second-order valence-corrected chi connectivity index (χ2v) is 6.93. The zero-order chi connectivity index (χ0) is 17.8.